The van der Waals surface area contributed by atoms with Gasteiger partial charge in [0.2, 0.25) is 5.95 Å². The van der Waals surface area contributed by atoms with Gasteiger partial charge in [-0.25, -0.2) is 9.78 Å². The van der Waals surface area contributed by atoms with Crippen LogP contribution in [0.4, 0.5) is 10.7 Å². The van der Waals surface area contributed by atoms with Crippen LogP contribution < -0.4 is 15.8 Å². The Bertz CT molecular complexity index is 1420. The van der Waals surface area contributed by atoms with Crippen molar-refractivity contribution in [2.24, 2.45) is 0 Å². The highest BCUT2D eigenvalue weighted by molar-refractivity contribution is 7.98. The number of ether oxygens (including phenoxy) is 1. The van der Waals surface area contributed by atoms with Gasteiger partial charge in [-0.2, -0.15) is 4.98 Å². The zero-order valence-electron chi connectivity index (χ0n) is 21.7. The molecule has 13 heteroatoms. The lowest BCUT2D eigenvalue weighted by Crippen LogP contribution is -2.49. The number of alkyl carbamates (subject to hydrolysis) is 1. The number of halogens is 1. The number of amides is 1. The molecule has 0 aliphatic carbocycles. The van der Waals surface area contributed by atoms with Crippen molar-refractivity contribution in [3.05, 3.63) is 45.2 Å². The highest BCUT2D eigenvalue weighted by Gasteiger charge is 2.29. The van der Waals surface area contributed by atoms with Gasteiger partial charge in [-0.15, -0.1) is 0 Å². The molecule has 0 spiro atoms. The van der Waals surface area contributed by atoms with Crippen molar-refractivity contribution in [3.8, 4) is 0 Å². The summed E-state index contributed by atoms with van der Waals surface area (Å²) in [4.78, 5) is 48.8. The fourth-order valence-corrected chi connectivity index (χ4v) is 5.19. The molecule has 2 aromatic heterocycles. The van der Waals surface area contributed by atoms with Crippen LogP contribution in [0.2, 0.25) is 5.02 Å². The second-order valence-corrected chi connectivity index (χ2v) is 11.3. The number of carboxylic acid groups (broad SMARTS) is 1. The monoisotopic (exact) mass is 562 g/mol. The van der Waals surface area contributed by atoms with Crippen LogP contribution in [0.1, 0.15) is 39.2 Å². The van der Waals surface area contributed by atoms with E-state index in [1.807, 2.05) is 43.9 Å². The summed E-state index contributed by atoms with van der Waals surface area (Å²) in [6.45, 7) is 6.24. The summed E-state index contributed by atoms with van der Waals surface area (Å²) in [5.74, 6) is -0.645. The fourth-order valence-electron chi connectivity index (χ4n) is 4.45. The van der Waals surface area contributed by atoms with Gasteiger partial charge in [0.1, 0.15) is 12.1 Å². The number of hydrogen-bond acceptors (Lipinski definition) is 8. The first-order valence-electron chi connectivity index (χ1n) is 12.2. The third-order valence-electron chi connectivity index (χ3n) is 6.00. The van der Waals surface area contributed by atoms with Gasteiger partial charge in [0, 0.05) is 24.2 Å². The van der Waals surface area contributed by atoms with Gasteiger partial charge in [-0.1, -0.05) is 41.6 Å². The molecule has 1 saturated heterocycles. The number of carboxylic acids is 1. The molecule has 3 aromatic rings. The Morgan fingerprint density at radius 2 is 1.97 bits per heavy atom. The highest BCUT2D eigenvalue weighted by atomic mass is 35.5. The van der Waals surface area contributed by atoms with Crippen LogP contribution in [0.3, 0.4) is 0 Å². The van der Waals surface area contributed by atoms with Crippen molar-refractivity contribution >= 4 is 52.5 Å². The maximum atomic E-state index is 13.6. The third kappa shape index (κ3) is 6.24. The Hall–Kier alpha value is -3.25. The van der Waals surface area contributed by atoms with E-state index in [9.17, 15) is 19.5 Å². The van der Waals surface area contributed by atoms with Crippen LogP contribution in [-0.4, -0.2) is 67.3 Å². The van der Waals surface area contributed by atoms with Crippen LogP contribution in [0.15, 0.2) is 34.2 Å². The van der Waals surface area contributed by atoms with Crippen molar-refractivity contribution in [3.63, 3.8) is 0 Å². The molecule has 0 bridgehead atoms. The van der Waals surface area contributed by atoms with Gasteiger partial charge in [-0.3, -0.25) is 18.7 Å². The maximum Gasteiger partial charge on any atom is 0.407 e. The van der Waals surface area contributed by atoms with Crippen molar-refractivity contribution in [2.75, 3.05) is 24.2 Å². The summed E-state index contributed by atoms with van der Waals surface area (Å²) < 4.78 is 8.31. The summed E-state index contributed by atoms with van der Waals surface area (Å²) >= 11 is 7.64. The number of benzene rings is 1. The van der Waals surface area contributed by atoms with E-state index in [0.717, 1.165) is 23.0 Å². The first-order chi connectivity index (χ1) is 18.0. The van der Waals surface area contributed by atoms with Crippen molar-refractivity contribution in [2.45, 2.75) is 63.5 Å². The van der Waals surface area contributed by atoms with Crippen LogP contribution in [0, 0.1) is 0 Å². The quantitative estimate of drug-likeness (QED) is 0.327. The van der Waals surface area contributed by atoms with Gasteiger partial charge in [-0.05, 0) is 51.5 Å². The van der Waals surface area contributed by atoms with E-state index in [0.29, 0.717) is 24.1 Å². The van der Waals surface area contributed by atoms with Gasteiger partial charge < -0.3 is 20.1 Å². The van der Waals surface area contributed by atoms with Crippen molar-refractivity contribution in [1.29, 1.82) is 0 Å². The molecule has 2 N–H and O–H groups in total. The SMILES string of the molecule is CSc1nc2nc(N3CCC[C@@H](NC(=O)OC(C)(C)C)C3)n(Cc3ccccc3Cl)c2c(=O)n1CC(=O)O. The minimum Gasteiger partial charge on any atom is -0.480 e. The number of hydrogen-bond donors (Lipinski definition) is 2. The van der Waals surface area contributed by atoms with Crippen LogP contribution in [0.25, 0.3) is 11.2 Å². The van der Waals surface area contributed by atoms with E-state index in [1.54, 1.807) is 16.9 Å². The molecule has 1 fully saturated rings. The molecule has 1 aliphatic heterocycles. The molecular weight excluding hydrogens is 532 g/mol. The summed E-state index contributed by atoms with van der Waals surface area (Å²) in [5, 5.41) is 13.1. The van der Waals surface area contributed by atoms with E-state index in [-0.39, 0.29) is 28.9 Å². The maximum absolute atomic E-state index is 13.6. The number of rotatable bonds is 7. The number of piperidine rings is 1. The topological polar surface area (TPSA) is 132 Å². The van der Waals surface area contributed by atoms with Crippen molar-refractivity contribution < 1.29 is 19.4 Å². The zero-order chi connectivity index (χ0) is 27.6. The van der Waals surface area contributed by atoms with Gasteiger partial charge in [0.15, 0.2) is 16.3 Å². The molecule has 0 unspecified atom stereocenters. The predicted octanol–water partition coefficient (Wildman–Crippen LogP) is 3.59. The van der Waals surface area contributed by atoms with Crippen LogP contribution >= 0.6 is 23.4 Å². The van der Waals surface area contributed by atoms with Crippen LogP contribution in [-0.2, 0) is 22.6 Å². The Labute approximate surface area is 229 Å². The van der Waals surface area contributed by atoms with E-state index >= 15 is 0 Å². The lowest BCUT2D eigenvalue weighted by atomic mass is 10.1. The molecule has 1 aliphatic rings. The average molecular weight is 563 g/mol. The summed E-state index contributed by atoms with van der Waals surface area (Å²) in [6.07, 6.45) is 2.78. The number of thioether (sulfide) groups is 1. The first kappa shape index (κ1) is 27.8. The lowest BCUT2D eigenvalue weighted by molar-refractivity contribution is -0.137. The number of fused-ring (bicyclic) bond motifs is 1. The second kappa shape index (κ2) is 11.2. The summed E-state index contributed by atoms with van der Waals surface area (Å²) in [7, 11) is 0. The molecule has 0 radical (unpaired) electrons. The Balaban J connectivity index is 1.78. The van der Waals surface area contributed by atoms with E-state index in [4.69, 9.17) is 21.3 Å². The normalized spacial score (nSPS) is 16.0. The average Bonchev–Trinajstić information content (AvgIpc) is 3.19. The van der Waals surface area contributed by atoms with Gasteiger partial charge >= 0.3 is 12.1 Å². The number of aliphatic carboxylic acids is 1. The molecular formula is C25H31ClN6O5S. The number of aromatic nitrogens is 4. The minimum absolute atomic E-state index is 0.189. The molecule has 3 heterocycles. The van der Waals surface area contributed by atoms with Gasteiger partial charge in [0.05, 0.1) is 6.54 Å². The van der Waals surface area contributed by atoms with E-state index in [1.165, 1.54) is 11.8 Å². The first-order valence-corrected chi connectivity index (χ1v) is 13.8. The summed E-state index contributed by atoms with van der Waals surface area (Å²) in [6, 6.07) is 7.12. The summed E-state index contributed by atoms with van der Waals surface area (Å²) in [5.41, 5.74) is 0.0884. The Kier molecular flexibility index (Phi) is 8.22. The number of imidazole rings is 1. The molecule has 1 amide bonds. The number of carbonyl (C=O) groups is 2. The molecule has 4 rings (SSSR count). The third-order valence-corrected chi connectivity index (χ3v) is 7.04. The van der Waals surface area contributed by atoms with E-state index < -0.39 is 29.8 Å². The number of anilines is 1. The minimum atomic E-state index is -1.15. The molecule has 0 saturated carbocycles. The van der Waals surface area contributed by atoms with Gasteiger partial charge in [0.25, 0.3) is 5.56 Å². The molecule has 1 aromatic carbocycles. The Morgan fingerprint density at radius 1 is 1.24 bits per heavy atom. The zero-order valence-corrected chi connectivity index (χ0v) is 23.3. The second-order valence-electron chi connectivity index (χ2n) is 10.1. The van der Waals surface area contributed by atoms with Crippen molar-refractivity contribution in [1.82, 2.24) is 24.4 Å². The molecule has 38 heavy (non-hydrogen) atoms. The largest absolute Gasteiger partial charge is 0.480 e. The molecule has 204 valence electrons. The predicted molar refractivity (Wildman–Crippen MR) is 146 cm³/mol. The number of nitrogens with one attached hydrogen (secondary N) is 1. The fraction of sp³-hybridized carbons (Fsp3) is 0.480. The van der Waals surface area contributed by atoms with E-state index in [2.05, 4.69) is 10.3 Å². The standard InChI is InChI=1S/C25H31ClN6O5S/c1-25(2,3)37-24(36)27-16-9-7-11-30(13-16)22-28-20-19(31(22)12-15-8-5-6-10-17(15)26)21(35)32(14-18(33)34)23(29-20)38-4/h5-6,8,10,16H,7,9,11-14H2,1-4H3,(H,27,36)(H,33,34)/t16-/m1/s1. The number of nitrogens with zero attached hydrogens (tertiary/aromatic N) is 5. The lowest BCUT2D eigenvalue weighted by Gasteiger charge is -2.34. The van der Waals surface area contributed by atoms with Crippen LogP contribution in [0.5, 0.6) is 0 Å². The highest BCUT2D eigenvalue weighted by Crippen LogP contribution is 2.27. The Morgan fingerprint density at radius 3 is 2.63 bits per heavy atom. The molecule has 11 nitrogen and oxygen atoms in total. The number of carbonyl (C=O) groups excluding carboxylic acids is 1. The molecule has 1 atom stereocenters. The smallest absolute Gasteiger partial charge is 0.407 e.